The predicted molar refractivity (Wildman–Crippen MR) is 97.5 cm³/mol. The summed E-state index contributed by atoms with van der Waals surface area (Å²) in [5, 5.41) is 8.76. The number of ether oxygens (including phenoxy) is 1. The molecule has 0 spiro atoms. The molecule has 0 saturated heterocycles. The van der Waals surface area contributed by atoms with Crippen molar-refractivity contribution in [1.29, 1.82) is 5.26 Å². The second kappa shape index (κ2) is 7.43. The Morgan fingerprint density at radius 2 is 1.70 bits per heavy atom. The molecule has 0 fully saturated rings. The molecule has 0 N–H and O–H groups in total. The lowest BCUT2D eigenvalue weighted by Crippen LogP contribution is -2.26. The molecule has 8 heteroatoms. The zero-order valence-corrected chi connectivity index (χ0v) is 15.0. The number of aromatic nitrogens is 1. The normalized spacial score (nSPS) is 10.9. The lowest BCUT2D eigenvalue weighted by Gasteiger charge is -2.19. The number of benzene rings is 2. The number of nitrogens with zero attached hydrogens (tertiary/aromatic N) is 3. The Hall–Kier alpha value is -3.44. The Morgan fingerprint density at radius 1 is 1.04 bits per heavy atom. The first kappa shape index (κ1) is 18.4. The molecule has 0 bridgehead atoms. The standard InChI is InChI=1S/C19H14FN3O3S/c1-23(27(24,25)18-9-3-15(20)4-10-18)16-5-7-17(8-6-16)26-19-11-2-14(12-21)13-22-19/h2-11,13H,1H3. The van der Waals surface area contributed by atoms with Crippen molar-refractivity contribution in [1.82, 2.24) is 4.98 Å². The van der Waals surface area contributed by atoms with Gasteiger partial charge in [-0.1, -0.05) is 0 Å². The maximum atomic E-state index is 13.0. The van der Waals surface area contributed by atoms with Crippen molar-refractivity contribution in [2.24, 2.45) is 0 Å². The van der Waals surface area contributed by atoms with Crippen LogP contribution in [0.4, 0.5) is 10.1 Å². The SMILES string of the molecule is CN(c1ccc(Oc2ccc(C#N)cn2)cc1)S(=O)(=O)c1ccc(F)cc1. The van der Waals surface area contributed by atoms with E-state index < -0.39 is 15.8 Å². The Kier molecular flexibility index (Phi) is 5.05. The molecular weight excluding hydrogens is 369 g/mol. The maximum Gasteiger partial charge on any atom is 0.264 e. The van der Waals surface area contributed by atoms with E-state index in [-0.39, 0.29) is 4.90 Å². The summed E-state index contributed by atoms with van der Waals surface area (Å²) in [6.45, 7) is 0. The van der Waals surface area contributed by atoms with E-state index in [1.807, 2.05) is 6.07 Å². The molecule has 0 radical (unpaired) electrons. The largest absolute Gasteiger partial charge is 0.439 e. The second-order valence-corrected chi connectivity index (χ2v) is 7.49. The van der Waals surface area contributed by atoms with E-state index in [0.717, 1.165) is 16.4 Å². The van der Waals surface area contributed by atoms with Crippen LogP contribution in [0.1, 0.15) is 5.56 Å². The number of hydrogen-bond donors (Lipinski definition) is 0. The van der Waals surface area contributed by atoms with Crippen molar-refractivity contribution < 1.29 is 17.5 Å². The van der Waals surface area contributed by atoms with E-state index in [0.29, 0.717) is 22.9 Å². The fourth-order valence-corrected chi connectivity index (χ4v) is 3.45. The first-order valence-electron chi connectivity index (χ1n) is 7.79. The van der Waals surface area contributed by atoms with Crippen molar-refractivity contribution >= 4 is 15.7 Å². The Morgan fingerprint density at radius 3 is 2.26 bits per heavy atom. The number of halogens is 1. The Balaban J connectivity index is 1.77. The summed E-state index contributed by atoms with van der Waals surface area (Å²) in [7, 11) is -2.39. The van der Waals surface area contributed by atoms with Crippen LogP contribution in [0.3, 0.4) is 0 Å². The van der Waals surface area contributed by atoms with Crippen LogP contribution in [0.2, 0.25) is 0 Å². The van der Waals surface area contributed by atoms with Crippen LogP contribution in [0.15, 0.2) is 71.8 Å². The Labute approximate surface area is 156 Å². The van der Waals surface area contributed by atoms with Crippen LogP contribution in [0.25, 0.3) is 0 Å². The molecule has 2 aromatic carbocycles. The third-order valence-corrected chi connectivity index (χ3v) is 5.56. The van der Waals surface area contributed by atoms with Crippen molar-refractivity contribution in [3.05, 3.63) is 78.2 Å². The molecule has 0 amide bonds. The molecule has 3 aromatic rings. The van der Waals surface area contributed by atoms with Gasteiger partial charge in [0.05, 0.1) is 16.1 Å². The average molecular weight is 383 g/mol. The van der Waals surface area contributed by atoms with Gasteiger partial charge in [-0.25, -0.2) is 17.8 Å². The van der Waals surface area contributed by atoms with Crippen LogP contribution >= 0.6 is 0 Å². The molecule has 0 saturated carbocycles. The van der Waals surface area contributed by atoms with E-state index in [2.05, 4.69) is 4.98 Å². The highest BCUT2D eigenvalue weighted by Gasteiger charge is 2.21. The summed E-state index contributed by atoms with van der Waals surface area (Å²) in [5.41, 5.74) is 0.838. The van der Waals surface area contributed by atoms with E-state index in [1.54, 1.807) is 36.4 Å². The summed E-state index contributed by atoms with van der Waals surface area (Å²) in [4.78, 5) is 4.00. The van der Waals surface area contributed by atoms with Crippen LogP contribution in [-0.2, 0) is 10.0 Å². The molecule has 0 atom stereocenters. The van der Waals surface area contributed by atoms with Gasteiger partial charge in [0.15, 0.2) is 0 Å². The minimum absolute atomic E-state index is 0.00601. The zero-order chi connectivity index (χ0) is 19.4. The van der Waals surface area contributed by atoms with E-state index in [9.17, 15) is 12.8 Å². The van der Waals surface area contributed by atoms with Gasteiger partial charge in [-0.3, -0.25) is 4.31 Å². The molecule has 6 nitrogen and oxygen atoms in total. The quantitative estimate of drug-likeness (QED) is 0.671. The smallest absolute Gasteiger partial charge is 0.264 e. The minimum atomic E-state index is -3.81. The van der Waals surface area contributed by atoms with Gasteiger partial charge in [0.2, 0.25) is 5.88 Å². The zero-order valence-electron chi connectivity index (χ0n) is 14.2. The molecule has 3 rings (SSSR count). The van der Waals surface area contributed by atoms with Gasteiger partial charge in [0.1, 0.15) is 17.6 Å². The highest BCUT2D eigenvalue weighted by molar-refractivity contribution is 7.92. The van der Waals surface area contributed by atoms with E-state index in [4.69, 9.17) is 10.00 Å². The fraction of sp³-hybridized carbons (Fsp3) is 0.0526. The van der Waals surface area contributed by atoms with E-state index >= 15 is 0 Å². The highest BCUT2D eigenvalue weighted by atomic mass is 32.2. The van der Waals surface area contributed by atoms with Gasteiger partial charge < -0.3 is 4.74 Å². The van der Waals surface area contributed by atoms with Gasteiger partial charge in [0, 0.05) is 19.3 Å². The van der Waals surface area contributed by atoms with Gasteiger partial charge in [-0.2, -0.15) is 5.26 Å². The molecule has 27 heavy (non-hydrogen) atoms. The number of anilines is 1. The number of sulfonamides is 1. The molecule has 1 aromatic heterocycles. The van der Waals surface area contributed by atoms with Crippen LogP contribution in [-0.4, -0.2) is 20.4 Å². The summed E-state index contributed by atoms with van der Waals surface area (Å²) in [6.07, 6.45) is 1.40. The molecule has 0 unspecified atom stereocenters. The molecule has 1 heterocycles. The molecular formula is C19H14FN3O3S. The van der Waals surface area contributed by atoms with Crippen molar-refractivity contribution in [2.75, 3.05) is 11.4 Å². The lowest BCUT2D eigenvalue weighted by molar-refractivity contribution is 0.463. The van der Waals surface area contributed by atoms with Crippen LogP contribution in [0.5, 0.6) is 11.6 Å². The first-order valence-corrected chi connectivity index (χ1v) is 9.23. The lowest BCUT2D eigenvalue weighted by atomic mass is 10.3. The molecule has 136 valence electrons. The van der Waals surface area contributed by atoms with Gasteiger partial charge in [-0.05, 0) is 54.6 Å². The van der Waals surface area contributed by atoms with Gasteiger partial charge >= 0.3 is 0 Å². The first-order chi connectivity index (χ1) is 12.9. The van der Waals surface area contributed by atoms with Crippen molar-refractivity contribution in [3.8, 4) is 17.7 Å². The number of pyridine rings is 1. The second-order valence-electron chi connectivity index (χ2n) is 5.52. The minimum Gasteiger partial charge on any atom is -0.439 e. The molecule has 0 aliphatic carbocycles. The van der Waals surface area contributed by atoms with Crippen molar-refractivity contribution in [2.45, 2.75) is 4.90 Å². The van der Waals surface area contributed by atoms with Crippen LogP contribution < -0.4 is 9.04 Å². The topological polar surface area (TPSA) is 83.3 Å². The fourth-order valence-electron chi connectivity index (χ4n) is 2.26. The van der Waals surface area contributed by atoms with Gasteiger partial charge in [-0.15, -0.1) is 0 Å². The monoisotopic (exact) mass is 383 g/mol. The van der Waals surface area contributed by atoms with Gasteiger partial charge in [0.25, 0.3) is 10.0 Å². The molecule has 0 aliphatic heterocycles. The number of nitriles is 1. The third-order valence-electron chi connectivity index (χ3n) is 3.76. The number of rotatable bonds is 5. The summed E-state index contributed by atoms with van der Waals surface area (Å²) in [6, 6.07) is 16.1. The van der Waals surface area contributed by atoms with Crippen LogP contribution in [0, 0.1) is 17.1 Å². The average Bonchev–Trinajstić information content (AvgIpc) is 2.69. The molecule has 0 aliphatic rings. The van der Waals surface area contributed by atoms with E-state index in [1.165, 1.54) is 25.4 Å². The van der Waals surface area contributed by atoms with Crippen molar-refractivity contribution in [3.63, 3.8) is 0 Å². The highest BCUT2D eigenvalue weighted by Crippen LogP contribution is 2.26. The third kappa shape index (κ3) is 4.04. The number of hydrogen-bond acceptors (Lipinski definition) is 5. The Bertz CT molecular complexity index is 1080. The summed E-state index contributed by atoms with van der Waals surface area (Å²) >= 11 is 0. The summed E-state index contributed by atoms with van der Waals surface area (Å²) < 4.78 is 44.9. The predicted octanol–water partition coefficient (Wildman–Crippen LogP) is 3.71. The maximum absolute atomic E-state index is 13.0. The summed E-state index contributed by atoms with van der Waals surface area (Å²) in [5.74, 6) is 0.270.